The van der Waals surface area contributed by atoms with E-state index in [4.69, 9.17) is 11.5 Å². The van der Waals surface area contributed by atoms with E-state index in [1.54, 1.807) is 0 Å². The summed E-state index contributed by atoms with van der Waals surface area (Å²) >= 11 is 0. The average Bonchev–Trinajstić information content (AvgIpc) is 2.87. The second-order valence-electron chi connectivity index (χ2n) is 5.37. The molecule has 2 aromatic carbocycles. The summed E-state index contributed by atoms with van der Waals surface area (Å²) in [6, 6.07) is 16.0. The second-order valence-corrected chi connectivity index (χ2v) is 5.37. The van der Waals surface area contributed by atoms with E-state index in [-0.39, 0.29) is 0 Å². The van der Waals surface area contributed by atoms with Crippen LogP contribution >= 0.6 is 0 Å². The minimum Gasteiger partial charge on any atom is -0.383 e. The third-order valence-corrected chi connectivity index (χ3v) is 3.85. The molecule has 0 aliphatic heterocycles. The molecule has 0 radical (unpaired) electrons. The Hall–Kier alpha value is -3.08. The Morgan fingerprint density at radius 3 is 2.41 bits per heavy atom. The molecule has 0 fully saturated rings. The number of aromatic nitrogens is 3. The first kappa shape index (κ1) is 12.6. The number of nitrogens with zero attached hydrogens (tertiary/aromatic N) is 3. The number of para-hydroxylation sites is 1. The van der Waals surface area contributed by atoms with Crippen LogP contribution in [0.5, 0.6) is 0 Å². The van der Waals surface area contributed by atoms with Crippen LogP contribution in [0.3, 0.4) is 0 Å². The monoisotopic (exact) mass is 289 g/mol. The second kappa shape index (κ2) is 4.46. The molecule has 0 unspecified atom stereocenters. The number of benzene rings is 2. The SMILES string of the molecule is Cc1ccc(-n2nc(N)c3c(N)nc4ccccc4c32)cc1. The van der Waals surface area contributed by atoms with Gasteiger partial charge in [-0.15, -0.1) is 5.10 Å². The van der Waals surface area contributed by atoms with Crippen LogP contribution in [0.2, 0.25) is 0 Å². The lowest BCUT2D eigenvalue weighted by Crippen LogP contribution is -1.98. The number of anilines is 2. The summed E-state index contributed by atoms with van der Waals surface area (Å²) in [7, 11) is 0. The summed E-state index contributed by atoms with van der Waals surface area (Å²) in [6.45, 7) is 2.05. The Bertz CT molecular complexity index is 999. The maximum atomic E-state index is 6.09. The van der Waals surface area contributed by atoms with Gasteiger partial charge in [-0.3, -0.25) is 0 Å². The molecular weight excluding hydrogens is 274 g/mol. The van der Waals surface area contributed by atoms with Crippen LogP contribution in [-0.4, -0.2) is 14.8 Å². The fraction of sp³-hybridized carbons (Fsp3) is 0.0588. The summed E-state index contributed by atoms with van der Waals surface area (Å²) in [6.07, 6.45) is 0. The smallest absolute Gasteiger partial charge is 0.157 e. The van der Waals surface area contributed by atoms with Gasteiger partial charge in [-0.2, -0.15) is 0 Å². The number of nitrogens with two attached hydrogens (primary N) is 2. The van der Waals surface area contributed by atoms with Gasteiger partial charge in [0.25, 0.3) is 0 Å². The van der Waals surface area contributed by atoms with Crippen molar-refractivity contribution in [2.45, 2.75) is 6.92 Å². The Kier molecular flexibility index (Phi) is 2.56. The predicted octanol–water partition coefficient (Wildman–Crippen LogP) is 3.05. The van der Waals surface area contributed by atoms with Crippen molar-refractivity contribution in [3.63, 3.8) is 0 Å². The highest BCUT2D eigenvalue weighted by Gasteiger charge is 2.16. The Balaban J connectivity index is 2.17. The first-order valence-corrected chi connectivity index (χ1v) is 7.04. The van der Waals surface area contributed by atoms with Crippen LogP contribution in [0.1, 0.15) is 5.56 Å². The Morgan fingerprint density at radius 1 is 0.909 bits per heavy atom. The number of aryl methyl sites for hydroxylation is 1. The number of rotatable bonds is 1. The minimum absolute atomic E-state index is 0.395. The molecule has 5 nitrogen and oxygen atoms in total. The summed E-state index contributed by atoms with van der Waals surface area (Å²) in [5.41, 5.74) is 16.0. The van der Waals surface area contributed by atoms with Crippen LogP contribution < -0.4 is 11.5 Å². The van der Waals surface area contributed by atoms with Crippen molar-refractivity contribution in [1.82, 2.24) is 14.8 Å². The largest absolute Gasteiger partial charge is 0.383 e. The van der Waals surface area contributed by atoms with Crippen molar-refractivity contribution in [2.75, 3.05) is 11.5 Å². The molecule has 0 bridgehead atoms. The van der Waals surface area contributed by atoms with Crippen molar-refractivity contribution in [3.05, 3.63) is 54.1 Å². The average molecular weight is 289 g/mol. The van der Waals surface area contributed by atoms with E-state index in [1.807, 2.05) is 53.2 Å². The highest BCUT2D eigenvalue weighted by atomic mass is 15.3. The number of fused-ring (bicyclic) bond motifs is 3. The maximum Gasteiger partial charge on any atom is 0.157 e. The molecule has 0 atom stereocenters. The molecule has 0 aliphatic carbocycles. The van der Waals surface area contributed by atoms with Crippen molar-refractivity contribution < 1.29 is 0 Å². The molecule has 5 heteroatoms. The van der Waals surface area contributed by atoms with Crippen molar-refractivity contribution in [1.29, 1.82) is 0 Å². The van der Waals surface area contributed by atoms with Gasteiger partial charge in [-0.05, 0) is 25.1 Å². The molecule has 2 heterocycles. The lowest BCUT2D eigenvalue weighted by Gasteiger charge is -2.07. The fourth-order valence-corrected chi connectivity index (χ4v) is 2.77. The summed E-state index contributed by atoms with van der Waals surface area (Å²) in [5, 5.41) is 6.17. The predicted molar refractivity (Wildman–Crippen MR) is 89.9 cm³/mol. The topological polar surface area (TPSA) is 82.8 Å². The third kappa shape index (κ3) is 1.72. The van der Waals surface area contributed by atoms with Gasteiger partial charge < -0.3 is 11.5 Å². The lowest BCUT2D eigenvalue weighted by molar-refractivity contribution is 0.919. The van der Waals surface area contributed by atoms with E-state index in [9.17, 15) is 0 Å². The van der Waals surface area contributed by atoms with E-state index in [1.165, 1.54) is 5.56 Å². The van der Waals surface area contributed by atoms with E-state index in [2.05, 4.69) is 17.0 Å². The molecule has 4 N–H and O–H groups in total. The number of nitrogen functional groups attached to an aromatic ring is 2. The molecule has 0 aliphatic rings. The van der Waals surface area contributed by atoms with Gasteiger partial charge >= 0.3 is 0 Å². The van der Waals surface area contributed by atoms with Crippen molar-refractivity contribution >= 4 is 33.4 Å². The summed E-state index contributed by atoms with van der Waals surface area (Å²) in [5.74, 6) is 0.802. The third-order valence-electron chi connectivity index (χ3n) is 3.85. The molecule has 0 saturated heterocycles. The Labute approximate surface area is 127 Å². The van der Waals surface area contributed by atoms with Gasteiger partial charge in [-0.1, -0.05) is 35.9 Å². The van der Waals surface area contributed by atoms with Crippen LogP contribution in [0.15, 0.2) is 48.5 Å². The van der Waals surface area contributed by atoms with E-state index in [0.717, 1.165) is 22.1 Å². The van der Waals surface area contributed by atoms with Crippen LogP contribution in [0.4, 0.5) is 11.6 Å². The lowest BCUT2D eigenvalue weighted by atomic mass is 10.1. The van der Waals surface area contributed by atoms with Crippen molar-refractivity contribution in [3.8, 4) is 5.69 Å². The number of hydrogen-bond acceptors (Lipinski definition) is 4. The number of pyridine rings is 1. The highest BCUT2D eigenvalue weighted by molar-refractivity contribution is 6.12. The molecule has 0 saturated carbocycles. The molecule has 0 amide bonds. The first-order valence-electron chi connectivity index (χ1n) is 7.04. The zero-order valence-electron chi connectivity index (χ0n) is 12.1. The number of hydrogen-bond donors (Lipinski definition) is 2. The minimum atomic E-state index is 0.395. The van der Waals surface area contributed by atoms with Crippen LogP contribution in [0, 0.1) is 6.92 Å². The quantitative estimate of drug-likeness (QED) is 0.564. The van der Waals surface area contributed by atoms with Crippen LogP contribution in [0.25, 0.3) is 27.5 Å². The molecule has 4 aromatic rings. The van der Waals surface area contributed by atoms with Gasteiger partial charge in [0.05, 0.1) is 22.1 Å². The molecule has 4 rings (SSSR count). The van der Waals surface area contributed by atoms with E-state index < -0.39 is 0 Å². The van der Waals surface area contributed by atoms with Gasteiger partial charge in [0.1, 0.15) is 5.82 Å². The zero-order chi connectivity index (χ0) is 15.3. The highest BCUT2D eigenvalue weighted by Crippen LogP contribution is 2.33. The molecule has 2 aromatic heterocycles. The van der Waals surface area contributed by atoms with Gasteiger partial charge in [0, 0.05) is 5.39 Å². The molecule has 22 heavy (non-hydrogen) atoms. The van der Waals surface area contributed by atoms with Crippen molar-refractivity contribution in [2.24, 2.45) is 0 Å². The summed E-state index contributed by atoms with van der Waals surface area (Å²) in [4.78, 5) is 4.43. The van der Waals surface area contributed by atoms with Gasteiger partial charge in [0.2, 0.25) is 0 Å². The zero-order valence-corrected chi connectivity index (χ0v) is 12.1. The maximum absolute atomic E-state index is 6.09. The van der Waals surface area contributed by atoms with Crippen LogP contribution in [-0.2, 0) is 0 Å². The molecule has 108 valence electrons. The van der Waals surface area contributed by atoms with E-state index >= 15 is 0 Å². The Morgan fingerprint density at radius 2 is 1.64 bits per heavy atom. The van der Waals surface area contributed by atoms with Gasteiger partial charge in [-0.25, -0.2) is 9.67 Å². The molecular formula is C17H15N5. The first-order chi connectivity index (χ1) is 10.6. The van der Waals surface area contributed by atoms with Gasteiger partial charge in [0.15, 0.2) is 5.82 Å². The molecule has 0 spiro atoms. The van der Waals surface area contributed by atoms with E-state index in [0.29, 0.717) is 17.0 Å². The summed E-state index contributed by atoms with van der Waals surface area (Å²) < 4.78 is 1.84. The fourth-order valence-electron chi connectivity index (χ4n) is 2.77. The normalized spacial score (nSPS) is 11.3. The standard InChI is InChI=1S/C17H15N5/c1-10-6-8-11(9-7-10)22-15-12-4-2-3-5-13(12)20-16(18)14(15)17(19)21-22/h2-9H,1H3,(H2,18,20)(H2,19,21).